The second-order valence-corrected chi connectivity index (χ2v) is 7.40. The predicted molar refractivity (Wildman–Crippen MR) is 84.0 cm³/mol. The first-order valence-electron chi connectivity index (χ1n) is 5.72. The fourth-order valence-electron chi connectivity index (χ4n) is 1.88. The van der Waals surface area contributed by atoms with Crippen molar-refractivity contribution in [2.24, 2.45) is 5.73 Å². The smallest absolute Gasteiger partial charge is 0.244 e. The minimum Gasteiger partial charge on any atom is -0.374 e. The Balaban J connectivity index is 0.00000200. The standard InChI is InChI=1S/C11H14BrClN2O3S.ClH/c12-8-1-2-11(10(13)5-8)19(16,17)15-3-4-18-9(6-14)7-15;/h1-2,5,9H,3-4,6-7,14H2;1H. The van der Waals surface area contributed by atoms with E-state index < -0.39 is 10.0 Å². The molecular weight excluding hydrogens is 391 g/mol. The Morgan fingerprint density at radius 3 is 2.80 bits per heavy atom. The van der Waals surface area contributed by atoms with Crippen LogP contribution in [0.5, 0.6) is 0 Å². The number of halogens is 3. The van der Waals surface area contributed by atoms with Crippen LogP contribution in [0.15, 0.2) is 27.6 Å². The Bertz CT molecular complexity index is 571. The Hall–Kier alpha value is 0.110. The lowest BCUT2D eigenvalue weighted by atomic mass is 10.3. The minimum absolute atomic E-state index is 0. The Morgan fingerprint density at radius 1 is 1.50 bits per heavy atom. The van der Waals surface area contributed by atoms with Crippen molar-refractivity contribution in [1.82, 2.24) is 4.31 Å². The zero-order chi connectivity index (χ0) is 14.0. The van der Waals surface area contributed by atoms with Crippen LogP contribution in [0.3, 0.4) is 0 Å². The average molecular weight is 406 g/mol. The highest BCUT2D eigenvalue weighted by Crippen LogP contribution is 2.28. The molecule has 1 fully saturated rings. The van der Waals surface area contributed by atoms with Crippen LogP contribution < -0.4 is 5.73 Å². The van der Waals surface area contributed by atoms with Gasteiger partial charge in [0.05, 0.1) is 17.7 Å². The van der Waals surface area contributed by atoms with Crippen LogP contribution in [-0.4, -0.2) is 45.1 Å². The van der Waals surface area contributed by atoms with E-state index >= 15 is 0 Å². The number of nitrogens with two attached hydrogens (primary N) is 1. The fraction of sp³-hybridized carbons (Fsp3) is 0.455. The van der Waals surface area contributed by atoms with E-state index in [0.29, 0.717) is 19.7 Å². The largest absolute Gasteiger partial charge is 0.374 e. The third-order valence-electron chi connectivity index (χ3n) is 2.88. The van der Waals surface area contributed by atoms with Gasteiger partial charge in [-0.25, -0.2) is 8.42 Å². The van der Waals surface area contributed by atoms with Crippen molar-refractivity contribution in [3.05, 3.63) is 27.7 Å². The molecular formula is C11H15BrCl2N2O3S. The number of sulfonamides is 1. The number of benzene rings is 1. The highest BCUT2D eigenvalue weighted by molar-refractivity contribution is 9.10. The lowest BCUT2D eigenvalue weighted by Crippen LogP contribution is -2.48. The average Bonchev–Trinajstić information content (AvgIpc) is 2.38. The number of hydrogen-bond acceptors (Lipinski definition) is 4. The number of morpholine rings is 1. The predicted octanol–water partition coefficient (Wildman–Crippen LogP) is 1.87. The summed E-state index contributed by atoms with van der Waals surface area (Å²) >= 11 is 9.26. The van der Waals surface area contributed by atoms with Gasteiger partial charge in [0.2, 0.25) is 10.0 Å². The first-order chi connectivity index (χ1) is 8.95. The second kappa shape index (κ2) is 7.40. The summed E-state index contributed by atoms with van der Waals surface area (Å²) in [5.74, 6) is 0. The molecule has 5 nitrogen and oxygen atoms in total. The molecule has 114 valence electrons. The van der Waals surface area contributed by atoms with Crippen molar-refractivity contribution < 1.29 is 13.2 Å². The third-order valence-corrected chi connectivity index (χ3v) is 5.72. The summed E-state index contributed by atoms with van der Waals surface area (Å²) in [6.45, 7) is 1.20. The fourth-order valence-corrected chi connectivity index (χ4v) is 4.34. The van der Waals surface area contributed by atoms with Crippen LogP contribution in [0.2, 0.25) is 5.02 Å². The summed E-state index contributed by atoms with van der Waals surface area (Å²) in [6, 6.07) is 4.71. The van der Waals surface area contributed by atoms with Gasteiger partial charge in [-0.05, 0) is 18.2 Å². The van der Waals surface area contributed by atoms with E-state index in [1.165, 1.54) is 10.4 Å². The van der Waals surface area contributed by atoms with Gasteiger partial charge >= 0.3 is 0 Å². The molecule has 1 aromatic carbocycles. The molecule has 1 heterocycles. The van der Waals surface area contributed by atoms with E-state index in [1.54, 1.807) is 12.1 Å². The number of hydrogen-bond donors (Lipinski definition) is 1. The maximum absolute atomic E-state index is 12.5. The van der Waals surface area contributed by atoms with Gasteiger partial charge in [0.25, 0.3) is 0 Å². The van der Waals surface area contributed by atoms with Gasteiger partial charge in [-0.15, -0.1) is 12.4 Å². The molecule has 1 atom stereocenters. The molecule has 1 unspecified atom stereocenters. The lowest BCUT2D eigenvalue weighted by Gasteiger charge is -2.31. The number of rotatable bonds is 3. The summed E-state index contributed by atoms with van der Waals surface area (Å²) in [7, 11) is -3.61. The van der Waals surface area contributed by atoms with E-state index in [1.807, 2.05) is 0 Å². The van der Waals surface area contributed by atoms with Crippen molar-refractivity contribution >= 4 is 50.0 Å². The molecule has 1 saturated heterocycles. The molecule has 1 aliphatic heterocycles. The van der Waals surface area contributed by atoms with E-state index in [2.05, 4.69) is 15.9 Å². The molecule has 0 radical (unpaired) electrons. The van der Waals surface area contributed by atoms with E-state index in [-0.39, 0.29) is 35.0 Å². The van der Waals surface area contributed by atoms with Crippen LogP contribution in [0.25, 0.3) is 0 Å². The first-order valence-corrected chi connectivity index (χ1v) is 8.33. The summed E-state index contributed by atoms with van der Waals surface area (Å²) in [5, 5.41) is 0.199. The van der Waals surface area contributed by atoms with Crippen molar-refractivity contribution in [3.8, 4) is 0 Å². The van der Waals surface area contributed by atoms with Crippen LogP contribution in [0, 0.1) is 0 Å². The van der Waals surface area contributed by atoms with E-state index in [4.69, 9.17) is 22.1 Å². The molecule has 20 heavy (non-hydrogen) atoms. The maximum atomic E-state index is 12.5. The lowest BCUT2D eigenvalue weighted by molar-refractivity contribution is 0.00451. The zero-order valence-corrected chi connectivity index (χ0v) is 14.4. The van der Waals surface area contributed by atoms with Gasteiger partial charge < -0.3 is 10.5 Å². The van der Waals surface area contributed by atoms with Crippen molar-refractivity contribution in [2.75, 3.05) is 26.2 Å². The van der Waals surface area contributed by atoms with Gasteiger partial charge in [-0.1, -0.05) is 27.5 Å². The quantitative estimate of drug-likeness (QED) is 0.832. The monoisotopic (exact) mass is 404 g/mol. The molecule has 0 aromatic heterocycles. The van der Waals surface area contributed by atoms with Crippen molar-refractivity contribution in [1.29, 1.82) is 0 Å². The summed E-state index contributed by atoms with van der Waals surface area (Å²) in [5.41, 5.74) is 5.52. The molecule has 1 aromatic rings. The normalized spacial score (nSPS) is 20.4. The Morgan fingerprint density at radius 2 is 2.20 bits per heavy atom. The molecule has 2 rings (SSSR count). The molecule has 1 aliphatic rings. The molecule has 2 N–H and O–H groups in total. The van der Waals surface area contributed by atoms with Crippen LogP contribution >= 0.6 is 39.9 Å². The summed E-state index contributed by atoms with van der Waals surface area (Å²) < 4.78 is 32.5. The highest BCUT2D eigenvalue weighted by Gasteiger charge is 2.31. The van der Waals surface area contributed by atoms with E-state index in [9.17, 15) is 8.42 Å². The molecule has 0 aliphatic carbocycles. The molecule has 9 heteroatoms. The van der Waals surface area contributed by atoms with E-state index in [0.717, 1.165) is 4.47 Å². The Labute approximate surface area is 138 Å². The molecule has 0 bridgehead atoms. The highest BCUT2D eigenvalue weighted by atomic mass is 79.9. The number of ether oxygens (including phenoxy) is 1. The zero-order valence-electron chi connectivity index (χ0n) is 10.5. The van der Waals surface area contributed by atoms with Gasteiger partial charge in [-0.2, -0.15) is 4.31 Å². The van der Waals surface area contributed by atoms with Gasteiger partial charge in [0, 0.05) is 24.1 Å². The van der Waals surface area contributed by atoms with Crippen LogP contribution in [0.4, 0.5) is 0 Å². The van der Waals surface area contributed by atoms with Crippen LogP contribution in [-0.2, 0) is 14.8 Å². The topological polar surface area (TPSA) is 72.6 Å². The second-order valence-electron chi connectivity index (χ2n) is 4.17. The van der Waals surface area contributed by atoms with Crippen LogP contribution in [0.1, 0.15) is 0 Å². The van der Waals surface area contributed by atoms with Crippen molar-refractivity contribution in [2.45, 2.75) is 11.0 Å². The Kier molecular flexibility index (Phi) is 6.72. The molecule has 0 spiro atoms. The minimum atomic E-state index is -3.61. The summed E-state index contributed by atoms with van der Waals surface area (Å²) in [6.07, 6.45) is -0.266. The SMILES string of the molecule is Cl.NCC1CN(S(=O)(=O)c2ccc(Br)cc2Cl)CCO1. The molecule has 0 amide bonds. The maximum Gasteiger partial charge on any atom is 0.244 e. The summed E-state index contributed by atoms with van der Waals surface area (Å²) in [4.78, 5) is 0.107. The van der Waals surface area contributed by atoms with Gasteiger partial charge in [0.1, 0.15) is 4.90 Å². The molecule has 0 saturated carbocycles. The van der Waals surface area contributed by atoms with Gasteiger partial charge in [0.15, 0.2) is 0 Å². The number of nitrogens with zero attached hydrogens (tertiary/aromatic N) is 1. The van der Waals surface area contributed by atoms with Crippen molar-refractivity contribution in [3.63, 3.8) is 0 Å². The third kappa shape index (κ3) is 3.85. The van der Waals surface area contributed by atoms with Gasteiger partial charge in [-0.3, -0.25) is 0 Å². The first kappa shape index (κ1) is 18.2.